The topological polar surface area (TPSA) is 133 Å². The molecule has 2 aromatic rings. The minimum atomic E-state index is -4.14. The number of rotatable bonds is 12. The van der Waals surface area contributed by atoms with Crippen molar-refractivity contribution in [3.63, 3.8) is 0 Å². The lowest BCUT2D eigenvalue weighted by Gasteiger charge is -2.34. The van der Waals surface area contributed by atoms with Crippen LogP contribution in [-0.2, 0) is 26.1 Å². The molecule has 10 nitrogen and oxygen atoms in total. The average molecular weight is 655 g/mol. The molecule has 0 unspecified atom stereocenters. The minimum Gasteiger partial charge on any atom is -0.394 e. The molecule has 1 aliphatic carbocycles. The first-order valence-corrected chi connectivity index (χ1v) is 17.0. The second kappa shape index (κ2) is 13.9. The van der Waals surface area contributed by atoms with Crippen molar-refractivity contribution in [1.29, 1.82) is 0 Å². The van der Waals surface area contributed by atoms with Crippen molar-refractivity contribution >= 4 is 38.7 Å². The Balaban J connectivity index is 1.16. The summed E-state index contributed by atoms with van der Waals surface area (Å²) >= 11 is 0. The highest BCUT2D eigenvalue weighted by molar-refractivity contribution is 7.92. The number of aromatic nitrogens is 1. The molecule has 3 heterocycles. The Morgan fingerprint density at radius 1 is 1.16 bits per heavy atom. The lowest BCUT2D eigenvalue weighted by molar-refractivity contribution is -0.138. The molecule has 0 bridgehead atoms. The lowest BCUT2D eigenvalue weighted by atomic mass is 9.79. The molecule has 3 N–H and O–H groups in total. The normalized spacial score (nSPS) is 23.6. The fourth-order valence-electron chi connectivity index (χ4n) is 6.55. The number of hydrogen-bond acceptors (Lipinski definition) is 7. The van der Waals surface area contributed by atoms with E-state index in [1.807, 2.05) is 35.0 Å². The van der Waals surface area contributed by atoms with Gasteiger partial charge < -0.3 is 24.8 Å². The van der Waals surface area contributed by atoms with Gasteiger partial charge in [0.1, 0.15) is 17.5 Å². The molecule has 248 valence electrons. The number of carbonyl (C=O) groups excluding carboxylic acids is 1. The number of fused-ring (bicyclic) bond motifs is 1. The molecule has 1 saturated heterocycles. The van der Waals surface area contributed by atoms with Crippen LogP contribution in [0, 0.1) is 11.8 Å². The van der Waals surface area contributed by atoms with Crippen LogP contribution in [0.3, 0.4) is 0 Å². The monoisotopic (exact) mass is 654 g/mol. The number of amidine groups is 1. The maximum absolute atomic E-state index is 13.3. The van der Waals surface area contributed by atoms with Gasteiger partial charge in [-0.05, 0) is 74.6 Å². The number of hydrogen-bond donors (Lipinski definition) is 3. The van der Waals surface area contributed by atoms with Crippen LogP contribution >= 0.6 is 0 Å². The van der Waals surface area contributed by atoms with Gasteiger partial charge >= 0.3 is 6.18 Å². The second-order valence-corrected chi connectivity index (χ2v) is 14.1. The molecule has 1 spiro atoms. The van der Waals surface area contributed by atoms with Crippen LogP contribution in [0.15, 0.2) is 40.9 Å². The van der Waals surface area contributed by atoms with Gasteiger partial charge in [-0.3, -0.25) is 9.79 Å². The highest BCUT2D eigenvalue weighted by atomic mass is 32.2. The summed E-state index contributed by atoms with van der Waals surface area (Å²) in [6, 6.07) is 7.50. The summed E-state index contributed by atoms with van der Waals surface area (Å²) in [5.74, 6) is 0.404. The summed E-state index contributed by atoms with van der Waals surface area (Å²) < 4.78 is 73.1. The van der Waals surface area contributed by atoms with Gasteiger partial charge in [0.15, 0.2) is 0 Å². The van der Waals surface area contributed by atoms with Crippen LogP contribution in [0.4, 0.5) is 13.2 Å². The Labute approximate surface area is 261 Å². The molecule has 1 aromatic heterocycles. The average Bonchev–Trinajstić information content (AvgIpc) is 3.58. The summed E-state index contributed by atoms with van der Waals surface area (Å²) in [6.07, 6.45) is 0.978. The molecule has 1 aromatic carbocycles. The lowest BCUT2D eigenvalue weighted by Crippen LogP contribution is -2.50. The van der Waals surface area contributed by atoms with Crippen LogP contribution in [0.25, 0.3) is 17.0 Å². The van der Waals surface area contributed by atoms with E-state index in [1.165, 1.54) is 9.71 Å². The highest BCUT2D eigenvalue weighted by Crippen LogP contribution is 2.38. The summed E-state index contributed by atoms with van der Waals surface area (Å²) in [7, 11) is -3.77. The fraction of sp³-hybridized carbons (Fsp3) is 0.613. The number of aliphatic hydroxyl groups is 2. The number of nitrogens with one attached hydrogen (secondary N) is 1. The van der Waals surface area contributed by atoms with E-state index in [2.05, 4.69) is 5.32 Å². The first kappa shape index (κ1) is 33.6. The van der Waals surface area contributed by atoms with Crippen molar-refractivity contribution in [2.45, 2.75) is 75.7 Å². The van der Waals surface area contributed by atoms with Gasteiger partial charge in [0.25, 0.3) is 5.91 Å². The first-order valence-electron chi connectivity index (χ1n) is 15.5. The van der Waals surface area contributed by atoms with Gasteiger partial charge in [-0.25, -0.2) is 8.42 Å². The number of alkyl halides is 3. The smallest absolute Gasteiger partial charge is 0.389 e. The molecule has 14 heteroatoms. The van der Waals surface area contributed by atoms with Crippen LogP contribution in [0.2, 0.25) is 0 Å². The third-order valence-electron chi connectivity index (χ3n) is 9.24. The summed E-state index contributed by atoms with van der Waals surface area (Å²) in [5, 5.41) is 23.3. The molecular weight excluding hydrogens is 613 g/mol. The van der Waals surface area contributed by atoms with E-state index in [9.17, 15) is 31.5 Å². The van der Waals surface area contributed by atoms with Crippen LogP contribution in [0.1, 0.15) is 56.9 Å². The molecule has 1 saturated carbocycles. The second-order valence-electron chi connectivity index (χ2n) is 12.3. The Hall–Kier alpha value is -2.78. The number of amides is 1. The van der Waals surface area contributed by atoms with Crippen molar-refractivity contribution in [2.75, 3.05) is 32.9 Å². The van der Waals surface area contributed by atoms with E-state index in [-0.39, 0.29) is 63.3 Å². The number of carbonyl (C=O) groups is 1. The standard InChI is InChI=1S/C31H41F3N4O6S/c32-31(33,34)11-8-22-4-6-24(7-5-22)28-35-29(41)30(36-28)12-15-38(16-13-30)45(42,43)19-10-23-2-1-3-27-26(23)9-14-37(27)17-18-44-21-25(40)20-39/h1-3,9-10,14,19,22,24-25,39-40H,4-8,11-13,15-18,20-21H2,(H,35,36,41)/b19-10+/t22?,24?,25-/m0/s1. The maximum atomic E-state index is 13.3. The van der Waals surface area contributed by atoms with Crippen LogP contribution in [0.5, 0.6) is 0 Å². The minimum absolute atomic E-state index is 0.00409. The van der Waals surface area contributed by atoms with Crippen molar-refractivity contribution in [3.8, 4) is 0 Å². The number of nitrogens with zero attached hydrogens (tertiary/aromatic N) is 3. The van der Waals surface area contributed by atoms with E-state index in [1.54, 1.807) is 6.08 Å². The van der Waals surface area contributed by atoms with E-state index in [4.69, 9.17) is 14.8 Å². The van der Waals surface area contributed by atoms with Crippen LogP contribution in [-0.4, -0.2) is 90.0 Å². The largest absolute Gasteiger partial charge is 0.394 e. The summed E-state index contributed by atoms with van der Waals surface area (Å²) in [6.45, 7) is 0.815. The quantitative estimate of drug-likeness (QED) is 0.298. The number of benzene rings is 1. The molecule has 1 atom stereocenters. The number of aliphatic hydroxyl groups excluding tert-OH is 2. The molecule has 3 aliphatic rings. The van der Waals surface area contributed by atoms with Gasteiger partial charge in [0.05, 0.1) is 19.8 Å². The first-order chi connectivity index (χ1) is 21.4. The maximum Gasteiger partial charge on any atom is 0.389 e. The van der Waals surface area contributed by atoms with E-state index < -0.39 is 34.3 Å². The van der Waals surface area contributed by atoms with Gasteiger partial charge in [-0.1, -0.05) is 12.1 Å². The zero-order valence-corrected chi connectivity index (χ0v) is 25.9. The van der Waals surface area contributed by atoms with Crippen molar-refractivity contribution in [3.05, 3.63) is 41.4 Å². The Bertz CT molecular complexity index is 1510. The van der Waals surface area contributed by atoms with E-state index >= 15 is 0 Å². The molecule has 45 heavy (non-hydrogen) atoms. The molecule has 2 aliphatic heterocycles. The molecular formula is C31H41F3N4O6S. The van der Waals surface area contributed by atoms with Crippen molar-refractivity contribution in [2.24, 2.45) is 16.8 Å². The molecule has 5 rings (SSSR count). The van der Waals surface area contributed by atoms with Crippen LogP contribution < -0.4 is 5.32 Å². The van der Waals surface area contributed by atoms with Crippen molar-refractivity contribution in [1.82, 2.24) is 14.2 Å². The predicted molar refractivity (Wildman–Crippen MR) is 164 cm³/mol. The number of piperidine rings is 1. The van der Waals surface area contributed by atoms with Crippen molar-refractivity contribution < 1.29 is 41.3 Å². The molecule has 0 radical (unpaired) electrons. The number of aliphatic imine (C=N–C) groups is 1. The Morgan fingerprint density at radius 2 is 1.89 bits per heavy atom. The fourth-order valence-corrected chi connectivity index (χ4v) is 7.73. The Kier molecular flexibility index (Phi) is 10.4. The van der Waals surface area contributed by atoms with E-state index in [0.29, 0.717) is 44.7 Å². The molecule has 1 amide bonds. The number of ether oxygens (including phenoxy) is 1. The molecule has 2 fully saturated rings. The summed E-state index contributed by atoms with van der Waals surface area (Å²) in [5.41, 5.74) is 0.626. The number of halogens is 3. The van der Waals surface area contributed by atoms with Gasteiger partial charge in [-0.2, -0.15) is 17.5 Å². The van der Waals surface area contributed by atoms with Gasteiger partial charge in [0, 0.05) is 54.5 Å². The highest BCUT2D eigenvalue weighted by Gasteiger charge is 2.48. The predicted octanol–water partition coefficient (Wildman–Crippen LogP) is 3.82. The summed E-state index contributed by atoms with van der Waals surface area (Å²) in [4.78, 5) is 17.8. The third-order valence-corrected chi connectivity index (χ3v) is 10.8. The SMILES string of the molecule is O=C1NC(C2CCC(CCC(F)(F)F)CC2)=NC12CCN(S(=O)(=O)/C=C/c1cccc3c1ccn3CCOC[C@@H](O)CO)CC2. The van der Waals surface area contributed by atoms with Gasteiger partial charge in [-0.15, -0.1) is 0 Å². The van der Waals surface area contributed by atoms with E-state index in [0.717, 1.165) is 16.5 Å². The zero-order valence-electron chi connectivity index (χ0n) is 25.1. The number of sulfonamides is 1. The van der Waals surface area contributed by atoms with Gasteiger partial charge in [0.2, 0.25) is 10.0 Å². The third kappa shape index (κ3) is 8.15. The zero-order chi connectivity index (χ0) is 32.2. The Morgan fingerprint density at radius 3 is 2.58 bits per heavy atom.